The van der Waals surface area contributed by atoms with Crippen LogP contribution in [-0.4, -0.2) is 50.5 Å². The first-order chi connectivity index (χ1) is 13.9. The maximum atomic E-state index is 13.4. The van der Waals surface area contributed by atoms with Crippen LogP contribution in [-0.2, 0) is 21.2 Å². The number of anilines is 1. The van der Waals surface area contributed by atoms with Gasteiger partial charge in [-0.1, -0.05) is 24.3 Å². The second kappa shape index (κ2) is 7.74. The third-order valence-corrected chi connectivity index (χ3v) is 7.57. The van der Waals surface area contributed by atoms with Gasteiger partial charge in [-0.05, 0) is 30.5 Å². The number of sulfonamides is 1. The van der Waals surface area contributed by atoms with Gasteiger partial charge < -0.3 is 9.64 Å². The summed E-state index contributed by atoms with van der Waals surface area (Å²) in [6, 6.07) is 12.2. The van der Waals surface area contributed by atoms with Crippen LogP contribution in [0.3, 0.4) is 0 Å². The summed E-state index contributed by atoms with van der Waals surface area (Å²) in [7, 11) is -3.89. The lowest BCUT2D eigenvalue weighted by Crippen LogP contribution is -2.42. The fourth-order valence-corrected chi connectivity index (χ4v) is 5.71. The topological polar surface area (TPSA) is 93.0 Å². The molecule has 8 nitrogen and oxygen atoms in total. The fraction of sp³-hybridized carbons (Fsp3) is 0.400. The number of fused-ring (bicyclic) bond motifs is 1. The Morgan fingerprint density at radius 2 is 1.83 bits per heavy atom. The Morgan fingerprint density at radius 1 is 1.10 bits per heavy atom. The fourth-order valence-electron chi connectivity index (χ4n) is 4.09. The zero-order valence-electron chi connectivity index (χ0n) is 16.2. The van der Waals surface area contributed by atoms with Crippen molar-refractivity contribution in [3.63, 3.8) is 0 Å². The summed E-state index contributed by atoms with van der Waals surface area (Å²) in [5.41, 5.74) is 2.66. The molecule has 1 unspecified atom stereocenters. The average Bonchev–Trinajstić information content (AvgIpc) is 2.74. The molecule has 2 aliphatic rings. The van der Waals surface area contributed by atoms with E-state index in [0.717, 1.165) is 12.0 Å². The molecular formula is C20H23N3O5S. The molecule has 0 aliphatic carbocycles. The molecule has 0 spiro atoms. The molecule has 2 heterocycles. The van der Waals surface area contributed by atoms with Crippen LogP contribution in [0, 0.1) is 10.1 Å². The number of nitrogens with zero attached hydrogens (tertiary/aromatic N) is 3. The number of hydrogen-bond acceptors (Lipinski definition) is 6. The van der Waals surface area contributed by atoms with Gasteiger partial charge in [-0.3, -0.25) is 10.1 Å². The van der Waals surface area contributed by atoms with Crippen molar-refractivity contribution in [2.24, 2.45) is 0 Å². The van der Waals surface area contributed by atoms with Gasteiger partial charge in [-0.25, -0.2) is 8.42 Å². The van der Waals surface area contributed by atoms with E-state index in [9.17, 15) is 18.5 Å². The van der Waals surface area contributed by atoms with E-state index in [1.807, 2.05) is 30.0 Å². The number of nitro groups is 1. The third kappa shape index (κ3) is 3.61. The maximum absolute atomic E-state index is 13.4. The standard InChI is InChI=1S/C20H23N3O5S/c1-15-18-5-3-2-4-16(18)8-9-22(15)19-7-6-17(23(24)25)14-20(19)29(26,27)21-10-12-28-13-11-21/h2-7,14-15H,8-13H2,1H3. The Labute approximate surface area is 169 Å². The van der Waals surface area contributed by atoms with Crippen molar-refractivity contribution in [2.45, 2.75) is 24.3 Å². The zero-order chi connectivity index (χ0) is 20.6. The van der Waals surface area contributed by atoms with Crippen molar-refractivity contribution in [3.05, 3.63) is 63.7 Å². The first-order valence-corrected chi connectivity index (χ1v) is 11.0. The number of hydrogen-bond donors (Lipinski definition) is 0. The van der Waals surface area contributed by atoms with E-state index >= 15 is 0 Å². The highest BCUT2D eigenvalue weighted by Gasteiger charge is 2.34. The van der Waals surface area contributed by atoms with Crippen LogP contribution in [0.15, 0.2) is 47.4 Å². The zero-order valence-corrected chi connectivity index (χ0v) is 17.0. The lowest BCUT2D eigenvalue weighted by atomic mass is 9.93. The normalized spacial score (nSPS) is 20.3. The highest BCUT2D eigenvalue weighted by atomic mass is 32.2. The summed E-state index contributed by atoms with van der Waals surface area (Å²) in [5, 5.41) is 11.3. The van der Waals surface area contributed by atoms with Crippen LogP contribution in [0.1, 0.15) is 24.1 Å². The minimum absolute atomic E-state index is 0.0140. The largest absolute Gasteiger partial charge is 0.379 e. The molecule has 154 valence electrons. The number of benzene rings is 2. The highest BCUT2D eigenvalue weighted by molar-refractivity contribution is 7.89. The SMILES string of the molecule is CC1c2ccccc2CCN1c1ccc([N+](=O)[O-])cc1S(=O)(=O)N1CCOCC1. The molecule has 1 saturated heterocycles. The lowest BCUT2D eigenvalue weighted by molar-refractivity contribution is -0.385. The second-order valence-electron chi connectivity index (χ2n) is 7.24. The Kier molecular flexibility index (Phi) is 5.28. The summed E-state index contributed by atoms with van der Waals surface area (Å²) in [6.45, 7) is 3.78. The van der Waals surface area contributed by atoms with Crippen LogP contribution in [0.2, 0.25) is 0 Å². The first kappa shape index (κ1) is 19.8. The quantitative estimate of drug-likeness (QED) is 0.561. The van der Waals surface area contributed by atoms with Gasteiger partial charge in [0.25, 0.3) is 5.69 Å². The van der Waals surface area contributed by atoms with Gasteiger partial charge in [-0.15, -0.1) is 0 Å². The van der Waals surface area contributed by atoms with E-state index in [1.165, 1.54) is 22.0 Å². The second-order valence-corrected chi connectivity index (χ2v) is 9.15. The molecule has 29 heavy (non-hydrogen) atoms. The van der Waals surface area contributed by atoms with Crippen molar-refractivity contribution in [1.82, 2.24) is 4.31 Å². The number of ether oxygens (including phenoxy) is 1. The van der Waals surface area contributed by atoms with Gasteiger partial charge >= 0.3 is 0 Å². The van der Waals surface area contributed by atoms with Gasteiger partial charge in [-0.2, -0.15) is 4.31 Å². The molecule has 4 rings (SSSR count). The lowest BCUT2D eigenvalue weighted by Gasteiger charge is -2.38. The molecule has 0 amide bonds. The number of rotatable bonds is 4. The van der Waals surface area contributed by atoms with E-state index in [0.29, 0.717) is 25.4 Å². The van der Waals surface area contributed by atoms with Gasteiger partial charge in [0.1, 0.15) is 4.90 Å². The average molecular weight is 417 g/mol. The van der Waals surface area contributed by atoms with Crippen LogP contribution in [0.25, 0.3) is 0 Å². The molecule has 1 atom stereocenters. The van der Waals surface area contributed by atoms with Gasteiger partial charge in [0.15, 0.2) is 0 Å². The Balaban J connectivity index is 1.81. The molecule has 0 bridgehead atoms. The Bertz CT molecular complexity index is 1030. The monoisotopic (exact) mass is 417 g/mol. The minimum atomic E-state index is -3.89. The van der Waals surface area contributed by atoms with E-state index in [2.05, 4.69) is 6.07 Å². The Morgan fingerprint density at radius 3 is 2.55 bits per heavy atom. The molecule has 1 fully saturated rings. The van der Waals surface area contributed by atoms with Crippen LogP contribution in [0.5, 0.6) is 0 Å². The van der Waals surface area contributed by atoms with Crippen molar-refractivity contribution in [2.75, 3.05) is 37.7 Å². The summed E-state index contributed by atoms with van der Waals surface area (Å²) < 4.78 is 33.4. The maximum Gasteiger partial charge on any atom is 0.270 e. The van der Waals surface area contributed by atoms with E-state index < -0.39 is 14.9 Å². The predicted molar refractivity (Wildman–Crippen MR) is 109 cm³/mol. The highest BCUT2D eigenvalue weighted by Crippen LogP contribution is 2.39. The molecule has 9 heteroatoms. The van der Waals surface area contributed by atoms with E-state index in [1.54, 1.807) is 6.07 Å². The summed E-state index contributed by atoms with van der Waals surface area (Å²) in [5.74, 6) is 0. The van der Waals surface area contributed by atoms with Crippen LogP contribution in [0.4, 0.5) is 11.4 Å². The Hall–Kier alpha value is -2.49. The third-order valence-electron chi connectivity index (χ3n) is 5.65. The number of non-ortho nitro benzene ring substituents is 1. The van der Waals surface area contributed by atoms with E-state index in [-0.39, 0.29) is 29.7 Å². The van der Waals surface area contributed by atoms with Crippen molar-refractivity contribution in [3.8, 4) is 0 Å². The van der Waals surface area contributed by atoms with Gasteiger partial charge in [0.2, 0.25) is 10.0 Å². The molecule has 2 aliphatic heterocycles. The van der Waals surface area contributed by atoms with Crippen LogP contribution >= 0.6 is 0 Å². The predicted octanol–water partition coefficient (Wildman–Crippen LogP) is 2.74. The molecule has 2 aromatic carbocycles. The van der Waals surface area contributed by atoms with Crippen molar-refractivity contribution < 1.29 is 18.1 Å². The van der Waals surface area contributed by atoms with Crippen molar-refractivity contribution >= 4 is 21.4 Å². The molecule has 0 N–H and O–H groups in total. The molecule has 0 saturated carbocycles. The first-order valence-electron chi connectivity index (χ1n) is 9.60. The summed E-state index contributed by atoms with van der Waals surface area (Å²) in [4.78, 5) is 12.8. The smallest absolute Gasteiger partial charge is 0.270 e. The summed E-state index contributed by atoms with van der Waals surface area (Å²) in [6.07, 6.45) is 0.786. The van der Waals surface area contributed by atoms with Crippen molar-refractivity contribution in [1.29, 1.82) is 0 Å². The number of morpholine rings is 1. The molecular weight excluding hydrogens is 394 g/mol. The van der Waals surface area contributed by atoms with Gasteiger partial charge in [0.05, 0.1) is 29.9 Å². The van der Waals surface area contributed by atoms with Gasteiger partial charge in [0, 0.05) is 31.8 Å². The van der Waals surface area contributed by atoms with E-state index in [4.69, 9.17) is 4.74 Å². The summed E-state index contributed by atoms with van der Waals surface area (Å²) >= 11 is 0. The number of nitro benzene ring substituents is 1. The molecule has 0 radical (unpaired) electrons. The molecule has 2 aromatic rings. The minimum Gasteiger partial charge on any atom is -0.379 e. The van der Waals surface area contributed by atoms with Crippen LogP contribution < -0.4 is 4.90 Å². The molecule has 0 aromatic heterocycles.